The van der Waals surface area contributed by atoms with E-state index >= 15 is 0 Å². The quantitative estimate of drug-likeness (QED) is 0.296. The van der Waals surface area contributed by atoms with E-state index in [-0.39, 0.29) is 11.6 Å². The van der Waals surface area contributed by atoms with Crippen molar-refractivity contribution in [1.29, 1.82) is 0 Å². The Morgan fingerprint density at radius 2 is 1.72 bits per heavy atom. The Morgan fingerprint density at radius 3 is 2.42 bits per heavy atom. The van der Waals surface area contributed by atoms with Gasteiger partial charge in [-0.25, -0.2) is 0 Å². The van der Waals surface area contributed by atoms with Crippen molar-refractivity contribution >= 4 is 34.2 Å². The van der Waals surface area contributed by atoms with Crippen LogP contribution in [-0.2, 0) is 11.2 Å². The van der Waals surface area contributed by atoms with Crippen LogP contribution in [0.5, 0.6) is 0 Å². The average molecular weight is 484 g/mol. The molecule has 0 unspecified atom stereocenters. The van der Waals surface area contributed by atoms with Crippen molar-refractivity contribution in [3.8, 4) is 0 Å². The van der Waals surface area contributed by atoms with Crippen molar-refractivity contribution in [2.45, 2.75) is 6.42 Å². The minimum Gasteiger partial charge on any atom is -0.354 e. The van der Waals surface area contributed by atoms with Crippen LogP contribution in [0.25, 0.3) is 11.3 Å². The molecule has 0 bridgehead atoms. The maximum Gasteiger partial charge on any atom is 0.270 e. The molecule has 1 saturated heterocycles. The van der Waals surface area contributed by atoms with E-state index in [9.17, 15) is 14.9 Å². The number of non-ortho nitro benzene ring substituents is 1. The Morgan fingerprint density at radius 1 is 1.00 bits per heavy atom. The zero-order valence-electron chi connectivity index (χ0n) is 20.2. The summed E-state index contributed by atoms with van der Waals surface area (Å²) in [6, 6.07) is 22.2. The van der Waals surface area contributed by atoms with Gasteiger partial charge < -0.3 is 20.4 Å². The van der Waals surface area contributed by atoms with Gasteiger partial charge in [0.05, 0.1) is 16.2 Å². The van der Waals surface area contributed by atoms with Gasteiger partial charge in [0.1, 0.15) is 0 Å². The smallest absolute Gasteiger partial charge is 0.270 e. The summed E-state index contributed by atoms with van der Waals surface area (Å²) in [5, 5.41) is 17.7. The number of hydrogen-bond acceptors (Lipinski definition) is 6. The third-order valence-electron chi connectivity index (χ3n) is 6.81. The number of rotatable bonds is 7. The van der Waals surface area contributed by atoms with Gasteiger partial charge in [-0.05, 0) is 42.8 Å². The van der Waals surface area contributed by atoms with E-state index in [2.05, 4.69) is 39.6 Å². The number of fused-ring (bicyclic) bond motifs is 1. The molecular weight excluding hydrogens is 454 g/mol. The van der Waals surface area contributed by atoms with Gasteiger partial charge in [-0.15, -0.1) is 0 Å². The molecule has 0 saturated carbocycles. The summed E-state index contributed by atoms with van der Waals surface area (Å²) in [6.07, 6.45) is 0.982. The Hall–Kier alpha value is -4.01. The van der Waals surface area contributed by atoms with Crippen molar-refractivity contribution in [2.24, 2.45) is 0 Å². The van der Waals surface area contributed by atoms with Crippen LogP contribution in [-0.4, -0.2) is 60.4 Å². The summed E-state index contributed by atoms with van der Waals surface area (Å²) in [4.78, 5) is 28.8. The fraction of sp³-hybridized carbons (Fsp3) is 0.250. The molecule has 1 fully saturated rings. The molecule has 3 aromatic rings. The number of nitro benzene ring substituents is 1. The molecule has 8 heteroatoms. The number of piperazine rings is 1. The number of carbonyl (C=O) groups is 1. The summed E-state index contributed by atoms with van der Waals surface area (Å²) < 4.78 is 0. The number of amides is 1. The van der Waals surface area contributed by atoms with Gasteiger partial charge >= 0.3 is 0 Å². The first kappa shape index (κ1) is 23.7. The van der Waals surface area contributed by atoms with Gasteiger partial charge in [-0.3, -0.25) is 14.9 Å². The molecule has 3 aromatic carbocycles. The highest BCUT2D eigenvalue weighted by Gasteiger charge is 2.30. The third-order valence-corrected chi connectivity index (χ3v) is 6.81. The van der Waals surface area contributed by atoms with Crippen LogP contribution in [0.4, 0.5) is 17.1 Å². The Balaban J connectivity index is 1.41. The molecule has 0 spiro atoms. The first-order valence-electron chi connectivity index (χ1n) is 12.1. The molecular formula is C28H29N5O3. The van der Waals surface area contributed by atoms with Crippen LogP contribution in [0.15, 0.2) is 72.8 Å². The monoisotopic (exact) mass is 483 g/mol. The van der Waals surface area contributed by atoms with E-state index in [1.54, 1.807) is 6.07 Å². The molecule has 0 aromatic heterocycles. The van der Waals surface area contributed by atoms with Gasteiger partial charge in [-0.1, -0.05) is 42.5 Å². The Bertz CT molecular complexity index is 1300. The average Bonchev–Trinajstić information content (AvgIpc) is 3.23. The minimum atomic E-state index is -0.447. The molecule has 2 aliphatic heterocycles. The second-order valence-electron chi connectivity index (χ2n) is 9.27. The van der Waals surface area contributed by atoms with E-state index in [1.807, 2.05) is 42.5 Å². The molecule has 1 amide bonds. The van der Waals surface area contributed by atoms with Crippen molar-refractivity contribution in [1.82, 2.24) is 9.80 Å². The predicted octanol–water partition coefficient (Wildman–Crippen LogP) is 4.32. The molecule has 8 nitrogen and oxygen atoms in total. The molecule has 2 heterocycles. The van der Waals surface area contributed by atoms with Gasteiger partial charge in [0, 0.05) is 61.8 Å². The minimum absolute atomic E-state index is 0.0557. The molecule has 5 rings (SSSR count). The van der Waals surface area contributed by atoms with Gasteiger partial charge in [0.25, 0.3) is 11.6 Å². The maximum absolute atomic E-state index is 13.0. The second-order valence-corrected chi connectivity index (χ2v) is 9.27. The number of nitrogens with zero attached hydrogens (tertiary/aromatic N) is 3. The van der Waals surface area contributed by atoms with Crippen LogP contribution >= 0.6 is 0 Å². The second kappa shape index (κ2) is 10.3. The lowest BCUT2D eigenvalue weighted by molar-refractivity contribution is -0.384. The summed E-state index contributed by atoms with van der Waals surface area (Å²) >= 11 is 0. The SMILES string of the molecule is CN1CCN(CCc2ccc(NC(=C3C(=O)Nc4ccc([N+](=O)[O-])cc43)c3ccccc3)cc2)CC1. The molecule has 0 atom stereocenters. The summed E-state index contributed by atoms with van der Waals surface area (Å²) in [5.41, 5.74) is 4.95. The van der Waals surface area contributed by atoms with Crippen molar-refractivity contribution < 1.29 is 9.72 Å². The fourth-order valence-electron chi connectivity index (χ4n) is 4.66. The predicted molar refractivity (Wildman–Crippen MR) is 143 cm³/mol. The summed E-state index contributed by atoms with van der Waals surface area (Å²) in [7, 11) is 2.16. The Kier molecular flexibility index (Phi) is 6.79. The molecule has 2 aliphatic rings. The van der Waals surface area contributed by atoms with E-state index < -0.39 is 4.92 Å². The molecule has 2 N–H and O–H groups in total. The first-order chi connectivity index (χ1) is 17.5. The number of carbonyl (C=O) groups excluding carboxylic acids is 1. The standard InChI is InChI=1S/C28H29N5O3/c1-31-15-17-32(18-16-31)14-13-20-7-9-22(10-8-20)29-27(21-5-3-2-4-6-21)26-24-19-23(33(35)36)11-12-25(24)30-28(26)34/h2-12,19,29H,13-18H2,1H3,(H,30,34). The number of nitro groups is 1. The number of likely N-dealkylation sites (N-methyl/N-ethyl adjacent to an activating group) is 1. The van der Waals surface area contributed by atoms with Crippen LogP contribution in [0.3, 0.4) is 0 Å². The van der Waals surface area contributed by atoms with Crippen molar-refractivity contribution in [3.05, 3.63) is 99.6 Å². The van der Waals surface area contributed by atoms with E-state index in [0.29, 0.717) is 22.5 Å². The molecule has 0 radical (unpaired) electrons. The van der Waals surface area contributed by atoms with E-state index in [1.165, 1.54) is 17.7 Å². The zero-order chi connectivity index (χ0) is 25.1. The number of hydrogen-bond donors (Lipinski definition) is 2. The van der Waals surface area contributed by atoms with Crippen molar-refractivity contribution in [2.75, 3.05) is 50.4 Å². The molecule has 0 aliphatic carbocycles. The number of benzene rings is 3. The van der Waals surface area contributed by atoms with Crippen LogP contribution in [0.2, 0.25) is 0 Å². The Labute approximate surface area is 210 Å². The van der Waals surface area contributed by atoms with E-state index in [4.69, 9.17) is 0 Å². The van der Waals surface area contributed by atoms with Gasteiger partial charge in [0.2, 0.25) is 0 Å². The zero-order valence-corrected chi connectivity index (χ0v) is 20.2. The number of nitrogens with one attached hydrogen (secondary N) is 2. The lowest BCUT2D eigenvalue weighted by Gasteiger charge is -2.32. The normalized spacial score (nSPS) is 17.4. The van der Waals surface area contributed by atoms with Gasteiger partial charge in [0.15, 0.2) is 0 Å². The lowest BCUT2D eigenvalue weighted by Crippen LogP contribution is -2.45. The van der Waals surface area contributed by atoms with Gasteiger partial charge in [-0.2, -0.15) is 0 Å². The summed E-state index contributed by atoms with van der Waals surface area (Å²) in [5.74, 6) is -0.291. The topological polar surface area (TPSA) is 90.8 Å². The fourth-order valence-corrected chi connectivity index (χ4v) is 4.66. The molecule has 184 valence electrons. The largest absolute Gasteiger partial charge is 0.354 e. The van der Waals surface area contributed by atoms with Crippen molar-refractivity contribution in [3.63, 3.8) is 0 Å². The number of anilines is 2. The summed E-state index contributed by atoms with van der Waals surface area (Å²) in [6.45, 7) is 5.46. The highest BCUT2D eigenvalue weighted by atomic mass is 16.6. The maximum atomic E-state index is 13.0. The first-order valence-corrected chi connectivity index (χ1v) is 12.1. The van der Waals surface area contributed by atoms with Crippen LogP contribution in [0, 0.1) is 10.1 Å². The third kappa shape index (κ3) is 5.15. The van der Waals surface area contributed by atoms with E-state index in [0.717, 1.165) is 50.4 Å². The van der Waals surface area contributed by atoms with Crippen LogP contribution < -0.4 is 10.6 Å². The highest BCUT2D eigenvalue weighted by molar-refractivity contribution is 6.37. The highest BCUT2D eigenvalue weighted by Crippen LogP contribution is 2.39. The van der Waals surface area contributed by atoms with Crippen LogP contribution in [0.1, 0.15) is 16.7 Å². The lowest BCUT2D eigenvalue weighted by atomic mass is 9.99. The molecule has 36 heavy (non-hydrogen) atoms.